The maximum atomic E-state index is 6.31. The van der Waals surface area contributed by atoms with Gasteiger partial charge >= 0.3 is 0 Å². The fraction of sp³-hybridized carbons (Fsp3) is 0.684. The molecule has 0 N–H and O–H groups in total. The lowest BCUT2D eigenvalue weighted by Crippen LogP contribution is -2.29. The van der Waals surface area contributed by atoms with Crippen LogP contribution in [-0.2, 0) is 23.6 Å². The van der Waals surface area contributed by atoms with Crippen LogP contribution in [0.2, 0.25) is 0 Å². The number of hydrogen-bond acceptors (Lipinski definition) is 2. The van der Waals surface area contributed by atoms with Gasteiger partial charge in [0, 0.05) is 0 Å². The molecule has 0 unspecified atom stereocenters. The fourth-order valence-corrected chi connectivity index (χ4v) is 11.5. The van der Waals surface area contributed by atoms with E-state index < -0.39 is 12.1 Å². The second-order valence-electron chi connectivity index (χ2n) is 7.72. The summed E-state index contributed by atoms with van der Waals surface area (Å²) in [5.74, 6) is 0. The van der Waals surface area contributed by atoms with Gasteiger partial charge in [-0.3, -0.25) is 0 Å². The summed E-state index contributed by atoms with van der Waals surface area (Å²) < 4.78 is 0. The molecule has 0 saturated heterocycles. The van der Waals surface area contributed by atoms with Crippen LogP contribution in [0.15, 0.2) is 18.2 Å². The standard InChI is InChI=1S/C19H34P2S2/c1-13(2)20(22,14(3)4)18-11-10-12-19(17(18)9)21(23,15(5)6)16(7)8/h10-16H,1-9H3. The van der Waals surface area contributed by atoms with Gasteiger partial charge in [0.2, 0.25) is 0 Å². The summed E-state index contributed by atoms with van der Waals surface area (Å²) in [6, 6.07) is 3.59. The zero-order chi connectivity index (χ0) is 18.2. The van der Waals surface area contributed by atoms with E-state index in [0.29, 0.717) is 22.6 Å². The summed E-state index contributed by atoms with van der Waals surface area (Å²) in [7, 11) is 0. The van der Waals surface area contributed by atoms with Crippen molar-refractivity contribution in [1.82, 2.24) is 0 Å². The Bertz CT molecular complexity index is 567. The van der Waals surface area contributed by atoms with Crippen molar-refractivity contribution < 1.29 is 0 Å². The first kappa shape index (κ1) is 21.6. The summed E-state index contributed by atoms with van der Waals surface area (Å²) >= 11 is 12.6. The molecule has 0 radical (unpaired) electrons. The molecule has 0 spiro atoms. The highest BCUT2D eigenvalue weighted by atomic mass is 32.4. The normalized spacial score (nSPS) is 13.6. The molecular weight excluding hydrogens is 354 g/mol. The lowest BCUT2D eigenvalue weighted by Gasteiger charge is -2.36. The van der Waals surface area contributed by atoms with Gasteiger partial charge in [-0.15, -0.1) is 0 Å². The molecule has 0 saturated carbocycles. The number of rotatable bonds is 6. The van der Waals surface area contributed by atoms with Crippen LogP contribution in [0.25, 0.3) is 0 Å². The highest BCUT2D eigenvalue weighted by Gasteiger charge is 2.34. The molecule has 0 atom stereocenters. The summed E-state index contributed by atoms with van der Waals surface area (Å²) in [5.41, 5.74) is 3.53. The van der Waals surface area contributed by atoms with Crippen molar-refractivity contribution in [3.63, 3.8) is 0 Å². The molecule has 1 aromatic rings. The van der Waals surface area contributed by atoms with Crippen molar-refractivity contribution in [2.45, 2.75) is 84.9 Å². The van der Waals surface area contributed by atoms with Gasteiger partial charge in [-0.2, -0.15) is 0 Å². The van der Waals surface area contributed by atoms with Crippen molar-refractivity contribution in [1.29, 1.82) is 0 Å². The minimum absolute atomic E-state index is 0.530. The van der Waals surface area contributed by atoms with Crippen molar-refractivity contribution in [2.24, 2.45) is 0 Å². The largest absolute Gasteiger partial charge is 0.0920 e. The third-order valence-electron chi connectivity index (χ3n) is 5.10. The lowest BCUT2D eigenvalue weighted by molar-refractivity contribution is 1.01. The fourth-order valence-electron chi connectivity index (χ4n) is 3.67. The van der Waals surface area contributed by atoms with Gasteiger partial charge < -0.3 is 0 Å². The zero-order valence-electron chi connectivity index (χ0n) is 16.3. The molecule has 4 heteroatoms. The highest BCUT2D eigenvalue weighted by molar-refractivity contribution is 8.19. The predicted octanol–water partition coefficient (Wildman–Crippen LogP) is 5.84. The van der Waals surface area contributed by atoms with Crippen molar-refractivity contribution in [3.8, 4) is 0 Å². The van der Waals surface area contributed by atoms with Gasteiger partial charge in [0.15, 0.2) is 0 Å². The Kier molecular flexibility index (Phi) is 7.33. The van der Waals surface area contributed by atoms with E-state index in [4.69, 9.17) is 23.6 Å². The Balaban J connectivity index is 3.74. The van der Waals surface area contributed by atoms with E-state index in [9.17, 15) is 0 Å². The van der Waals surface area contributed by atoms with Crippen LogP contribution in [0.3, 0.4) is 0 Å². The molecule has 132 valence electrons. The summed E-state index contributed by atoms with van der Waals surface area (Å²) in [4.78, 5) is 0. The Morgan fingerprint density at radius 2 is 0.913 bits per heavy atom. The van der Waals surface area contributed by atoms with Crippen molar-refractivity contribution in [2.75, 3.05) is 0 Å². The van der Waals surface area contributed by atoms with Gasteiger partial charge in [-0.05, 0) is 57.8 Å². The van der Waals surface area contributed by atoms with Crippen LogP contribution < -0.4 is 10.6 Å². The van der Waals surface area contributed by atoms with Crippen LogP contribution in [0.1, 0.15) is 61.0 Å². The van der Waals surface area contributed by atoms with Crippen LogP contribution in [0.4, 0.5) is 0 Å². The molecule has 1 aromatic carbocycles. The molecule has 0 aliphatic heterocycles. The SMILES string of the molecule is Cc1c(P(=S)(C(C)C)C(C)C)cccc1P(=S)(C(C)C)C(C)C. The molecule has 0 amide bonds. The van der Waals surface area contributed by atoms with Gasteiger partial charge in [0.25, 0.3) is 0 Å². The average Bonchev–Trinajstić information content (AvgIpc) is 2.44. The zero-order valence-corrected chi connectivity index (χ0v) is 19.7. The van der Waals surface area contributed by atoms with Gasteiger partial charge in [0.1, 0.15) is 0 Å². The van der Waals surface area contributed by atoms with Crippen molar-refractivity contribution >= 4 is 46.3 Å². The predicted molar refractivity (Wildman–Crippen MR) is 120 cm³/mol. The van der Waals surface area contributed by atoms with Crippen molar-refractivity contribution in [3.05, 3.63) is 23.8 Å². The van der Waals surface area contributed by atoms with E-state index in [1.807, 2.05) is 0 Å². The third-order valence-corrected chi connectivity index (χ3v) is 20.0. The monoisotopic (exact) mass is 388 g/mol. The lowest BCUT2D eigenvalue weighted by atomic mass is 10.2. The maximum absolute atomic E-state index is 6.31. The summed E-state index contributed by atoms with van der Waals surface area (Å²) in [5, 5.41) is 2.87. The number of benzene rings is 1. The molecule has 0 bridgehead atoms. The topological polar surface area (TPSA) is 0 Å². The van der Waals surface area contributed by atoms with E-state index in [0.717, 1.165) is 0 Å². The molecule has 0 aliphatic rings. The van der Waals surface area contributed by atoms with Crippen LogP contribution in [0, 0.1) is 6.92 Å². The Morgan fingerprint density at radius 3 is 1.13 bits per heavy atom. The Labute approximate surface area is 154 Å². The third kappa shape index (κ3) is 3.72. The molecule has 0 aliphatic carbocycles. The van der Waals surface area contributed by atoms with Crippen LogP contribution >= 0.6 is 12.1 Å². The first-order valence-corrected chi connectivity index (χ1v) is 14.6. The first-order chi connectivity index (χ1) is 10.4. The molecule has 1 rings (SSSR count). The van der Waals surface area contributed by atoms with Gasteiger partial charge in [-0.25, -0.2) is 0 Å². The van der Waals surface area contributed by atoms with Crippen LogP contribution in [-0.4, -0.2) is 22.6 Å². The number of hydrogen-bond donors (Lipinski definition) is 0. The molecule has 23 heavy (non-hydrogen) atoms. The average molecular weight is 389 g/mol. The smallest absolute Gasteiger partial charge is 0.0102 e. The second kappa shape index (κ2) is 7.82. The minimum Gasteiger partial charge on any atom is -0.0920 e. The van der Waals surface area contributed by atoms with Crippen LogP contribution in [0.5, 0.6) is 0 Å². The molecular formula is C19H34P2S2. The van der Waals surface area contributed by atoms with E-state index in [-0.39, 0.29) is 0 Å². The highest BCUT2D eigenvalue weighted by Crippen LogP contribution is 2.58. The second-order valence-corrected chi connectivity index (χ2v) is 19.3. The summed E-state index contributed by atoms with van der Waals surface area (Å²) in [6.45, 7) is 20.7. The first-order valence-electron chi connectivity index (χ1n) is 8.71. The molecule has 0 fully saturated rings. The molecule has 0 aromatic heterocycles. The van der Waals surface area contributed by atoms with E-state index >= 15 is 0 Å². The quantitative estimate of drug-likeness (QED) is 0.562. The Morgan fingerprint density at radius 1 is 0.652 bits per heavy atom. The van der Waals surface area contributed by atoms with Gasteiger partial charge in [0.05, 0.1) is 0 Å². The van der Waals surface area contributed by atoms with E-state index in [2.05, 4.69) is 80.5 Å². The molecule has 0 heterocycles. The minimum atomic E-state index is -1.61. The van der Waals surface area contributed by atoms with Gasteiger partial charge in [-0.1, -0.05) is 97.2 Å². The molecule has 0 nitrogen and oxygen atoms in total. The summed E-state index contributed by atoms with van der Waals surface area (Å²) in [6.07, 6.45) is 0. The van der Waals surface area contributed by atoms with E-state index in [1.165, 1.54) is 16.2 Å². The Hall–Kier alpha value is 0.520. The van der Waals surface area contributed by atoms with E-state index in [1.54, 1.807) is 0 Å². The maximum Gasteiger partial charge on any atom is -0.0102 e.